The van der Waals surface area contributed by atoms with Crippen molar-refractivity contribution in [2.45, 2.75) is 38.0 Å². The molecule has 0 radical (unpaired) electrons. The van der Waals surface area contributed by atoms with Crippen molar-refractivity contribution in [3.63, 3.8) is 0 Å². The second-order valence-corrected chi connectivity index (χ2v) is 5.34. The van der Waals surface area contributed by atoms with Crippen molar-refractivity contribution in [2.24, 2.45) is 5.92 Å². The molecule has 1 nitrogen and oxygen atoms in total. The number of benzene rings is 1. The molecule has 0 bridgehead atoms. The third-order valence-electron chi connectivity index (χ3n) is 3.68. The number of alkyl halides is 4. The molecular formula is C14H17ClF3N. The van der Waals surface area contributed by atoms with Crippen LogP contribution in [0.2, 0.25) is 0 Å². The maximum atomic E-state index is 12.6. The molecule has 1 aliphatic carbocycles. The van der Waals surface area contributed by atoms with Gasteiger partial charge in [0.1, 0.15) is 0 Å². The van der Waals surface area contributed by atoms with Crippen LogP contribution in [0.4, 0.5) is 13.2 Å². The van der Waals surface area contributed by atoms with Gasteiger partial charge in [0, 0.05) is 18.5 Å². The van der Waals surface area contributed by atoms with E-state index in [1.54, 1.807) is 6.07 Å². The Labute approximate surface area is 116 Å². The van der Waals surface area contributed by atoms with Crippen LogP contribution in [0.15, 0.2) is 24.3 Å². The Morgan fingerprint density at radius 2 is 2.05 bits per heavy atom. The molecule has 0 aliphatic heterocycles. The molecule has 106 valence electrons. The van der Waals surface area contributed by atoms with E-state index in [0.29, 0.717) is 29.9 Å². The average molecular weight is 292 g/mol. The summed E-state index contributed by atoms with van der Waals surface area (Å²) >= 11 is 5.88. The molecule has 0 amide bonds. The minimum absolute atomic E-state index is 0.326. The lowest BCUT2D eigenvalue weighted by Crippen LogP contribution is -2.32. The highest BCUT2D eigenvalue weighted by atomic mass is 35.5. The monoisotopic (exact) mass is 291 g/mol. The van der Waals surface area contributed by atoms with Gasteiger partial charge in [0.2, 0.25) is 0 Å². The van der Waals surface area contributed by atoms with Gasteiger partial charge >= 0.3 is 6.18 Å². The highest BCUT2D eigenvalue weighted by Gasteiger charge is 2.30. The highest BCUT2D eigenvalue weighted by molar-refractivity contribution is 6.18. The first-order valence-corrected chi connectivity index (χ1v) is 6.99. The van der Waals surface area contributed by atoms with Crippen LogP contribution in [0.25, 0.3) is 0 Å². The summed E-state index contributed by atoms with van der Waals surface area (Å²) in [7, 11) is 0. The van der Waals surface area contributed by atoms with Crippen LogP contribution in [0.1, 0.15) is 30.4 Å². The summed E-state index contributed by atoms with van der Waals surface area (Å²) in [6, 6.07) is 5.80. The van der Waals surface area contributed by atoms with E-state index in [0.717, 1.165) is 25.3 Å². The molecule has 0 saturated heterocycles. The molecule has 0 aromatic heterocycles. The van der Waals surface area contributed by atoms with Crippen molar-refractivity contribution < 1.29 is 13.2 Å². The first kappa shape index (κ1) is 14.7. The van der Waals surface area contributed by atoms with E-state index in [-0.39, 0.29) is 0 Å². The number of nitrogens with one attached hydrogen (secondary N) is 1. The normalized spacial score (nSPS) is 23.8. The topological polar surface area (TPSA) is 12.0 Å². The minimum atomic E-state index is -4.28. The zero-order valence-electron chi connectivity index (χ0n) is 10.5. The van der Waals surface area contributed by atoms with Gasteiger partial charge in [-0.25, -0.2) is 0 Å². The predicted octanol–water partition coefficient (Wildman–Crippen LogP) is 4.20. The summed E-state index contributed by atoms with van der Waals surface area (Å²) in [5.74, 6) is 1.05. The van der Waals surface area contributed by atoms with Crippen LogP contribution in [0.3, 0.4) is 0 Å². The van der Waals surface area contributed by atoms with E-state index in [1.165, 1.54) is 12.1 Å². The number of halogens is 4. The molecule has 0 heterocycles. The Hall–Kier alpha value is -0.740. The standard InChI is InChI=1S/C14H17ClF3N/c15-8-11-4-2-6-13(11)19-9-10-3-1-5-12(7-10)14(16,17)18/h1,3,5,7,11,13,19H,2,4,6,8-9H2. The Bertz CT molecular complexity index is 419. The molecule has 19 heavy (non-hydrogen) atoms. The number of hydrogen-bond donors (Lipinski definition) is 1. The molecular weight excluding hydrogens is 275 g/mol. The molecule has 2 rings (SSSR count). The van der Waals surface area contributed by atoms with Crippen molar-refractivity contribution in [1.82, 2.24) is 5.32 Å². The van der Waals surface area contributed by atoms with Crippen molar-refractivity contribution in [3.8, 4) is 0 Å². The summed E-state index contributed by atoms with van der Waals surface area (Å²) in [5, 5.41) is 3.33. The molecule has 1 aromatic carbocycles. The quantitative estimate of drug-likeness (QED) is 0.820. The Kier molecular flexibility index (Phi) is 4.74. The number of rotatable bonds is 4. The zero-order chi connectivity index (χ0) is 13.9. The van der Waals surface area contributed by atoms with Gasteiger partial charge in [0.05, 0.1) is 5.56 Å². The maximum absolute atomic E-state index is 12.6. The highest BCUT2D eigenvalue weighted by Crippen LogP contribution is 2.30. The zero-order valence-corrected chi connectivity index (χ0v) is 11.3. The summed E-state index contributed by atoms with van der Waals surface area (Å²) in [4.78, 5) is 0. The van der Waals surface area contributed by atoms with Gasteiger partial charge in [0.25, 0.3) is 0 Å². The van der Waals surface area contributed by atoms with Gasteiger partial charge in [-0.05, 0) is 30.4 Å². The average Bonchev–Trinajstić information content (AvgIpc) is 2.83. The van der Waals surface area contributed by atoms with Crippen LogP contribution in [-0.4, -0.2) is 11.9 Å². The molecule has 1 saturated carbocycles. The van der Waals surface area contributed by atoms with Crippen LogP contribution >= 0.6 is 11.6 Å². The lowest BCUT2D eigenvalue weighted by atomic mass is 10.1. The van der Waals surface area contributed by atoms with Crippen LogP contribution < -0.4 is 5.32 Å². The molecule has 1 aliphatic rings. The molecule has 2 unspecified atom stereocenters. The predicted molar refractivity (Wildman–Crippen MR) is 70.1 cm³/mol. The van der Waals surface area contributed by atoms with Crippen molar-refractivity contribution >= 4 is 11.6 Å². The third-order valence-corrected chi connectivity index (χ3v) is 4.08. The van der Waals surface area contributed by atoms with Gasteiger partial charge in [-0.15, -0.1) is 11.6 Å². The third kappa shape index (κ3) is 3.86. The molecule has 5 heteroatoms. The number of hydrogen-bond acceptors (Lipinski definition) is 1. The van der Waals surface area contributed by atoms with E-state index in [2.05, 4.69) is 5.32 Å². The summed E-state index contributed by atoms with van der Waals surface area (Å²) < 4.78 is 37.8. The maximum Gasteiger partial charge on any atom is 0.416 e. The van der Waals surface area contributed by atoms with Crippen LogP contribution in [-0.2, 0) is 12.7 Å². The first-order valence-electron chi connectivity index (χ1n) is 6.46. The Balaban J connectivity index is 1.96. The first-order chi connectivity index (χ1) is 9.00. The van der Waals surface area contributed by atoms with Gasteiger partial charge < -0.3 is 5.32 Å². The molecule has 1 fully saturated rings. The molecule has 0 spiro atoms. The largest absolute Gasteiger partial charge is 0.416 e. The van der Waals surface area contributed by atoms with Gasteiger partial charge in [0.15, 0.2) is 0 Å². The fraction of sp³-hybridized carbons (Fsp3) is 0.571. The van der Waals surface area contributed by atoms with Crippen molar-refractivity contribution in [1.29, 1.82) is 0 Å². The summed E-state index contributed by atoms with van der Waals surface area (Å²) in [6.45, 7) is 0.460. The van der Waals surface area contributed by atoms with Gasteiger partial charge in [-0.1, -0.05) is 24.6 Å². The van der Waals surface area contributed by atoms with Gasteiger partial charge in [-0.3, -0.25) is 0 Å². The summed E-state index contributed by atoms with van der Waals surface area (Å²) in [5.41, 5.74) is 0.0714. The van der Waals surface area contributed by atoms with E-state index in [1.807, 2.05) is 0 Å². The SMILES string of the molecule is FC(F)(F)c1cccc(CNC2CCCC2CCl)c1. The Morgan fingerprint density at radius 1 is 1.26 bits per heavy atom. The molecule has 2 atom stereocenters. The van der Waals surface area contributed by atoms with Crippen LogP contribution in [0.5, 0.6) is 0 Å². The lowest BCUT2D eigenvalue weighted by molar-refractivity contribution is -0.137. The Morgan fingerprint density at radius 3 is 2.74 bits per heavy atom. The lowest BCUT2D eigenvalue weighted by Gasteiger charge is -2.19. The fourth-order valence-corrected chi connectivity index (χ4v) is 2.97. The van der Waals surface area contributed by atoms with E-state index in [9.17, 15) is 13.2 Å². The van der Waals surface area contributed by atoms with Crippen LogP contribution in [0, 0.1) is 5.92 Å². The smallest absolute Gasteiger partial charge is 0.310 e. The summed E-state index contributed by atoms with van der Waals surface area (Å²) in [6.07, 6.45) is -0.986. The molecule has 1 N–H and O–H groups in total. The van der Waals surface area contributed by atoms with E-state index in [4.69, 9.17) is 11.6 Å². The molecule has 1 aromatic rings. The second-order valence-electron chi connectivity index (χ2n) is 5.03. The van der Waals surface area contributed by atoms with Gasteiger partial charge in [-0.2, -0.15) is 13.2 Å². The minimum Gasteiger partial charge on any atom is -0.310 e. The van der Waals surface area contributed by atoms with E-state index < -0.39 is 11.7 Å². The fourth-order valence-electron chi connectivity index (χ4n) is 2.60. The van der Waals surface area contributed by atoms with E-state index >= 15 is 0 Å². The van der Waals surface area contributed by atoms with Crippen molar-refractivity contribution in [3.05, 3.63) is 35.4 Å². The van der Waals surface area contributed by atoms with Crippen molar-refractivity contribution in [2.75, 3.05) is 5.88 Å². The second kappa shape index (κ2) is 6.14.